The van der Waals surface area contributed by atoms with Crippen molar-refractivity contribution < 1.29 is 4.79 Å². The lowest BCUT2D eigenvalue weighted by molar-refractivity contribution is -0.122. The second kappa shape index (κ2) is 8.08. The highest BCUT2D eigenvalue weighted by Crippen LogP contribution is 2.27. The molecule has 0 spiro atoms. The zero-order chi connectivity index (χ0) is 19.7. The number of carbonyl (C=O) groups excluding carboxylic acids is 1. The van der Waals surface area contributed by atoms with Gasteiger partial charge in [0.15, 0.2) is 0 Å². The van der Waals surface area contributed by atoms with Crippen LogP contribution in [0.15, 0.2) is 24.3 Å². The molecule has 1 atom stereocenters. The lowest BCUT2D eigenvalue weighted by Gasteiger charge is -2.37. The van der Waals surface area contributed by atoms with Crippen LogP contribution in [0.4, 0.5) is 0 Å². The molecule has 0 radical (unpaired) electrons. The Morgan fingerprint density at radius 1 is 1.21 bits per heavy atom. The fraction of sp³-hybridized carbons (Fsp3) is 0.565. The molecule has 5 heteroatoms. The van der Waals surface area contributed by atoms with Crippen LogP contribution in [-0.2, 0) is 31.1 Å². The van der Waals surface area contributed by atoms with E-state index in [0.717, 1.165) is 50.2 Å². The lowest BCUT2D eigenvalue weighted by Crippen LogP contribution is -2.51. The summed E-state index contributed by atoms with van der Waals surface area (Å²) in [5, 5.41) is 7.76. The largest absolute Gasteiger partial charge is 0.352 e. The topological polar surface area (TPSA) is 50.2 Å². The molecular formula is C23H32N4O. The maximum Gasteiger partial charge on any atom is 0.220 e. The van der Waals surface area contributed by atoms with E-state index in [-0.39, 0.29) is 11.9 Å². The van der Waals surface area contributed by atoms with Crippen LogP contribution in [-0.4, -0.2) is 45.8 Å². The molecule has 1 unspecified atom stereocenters. The van der Waals surface area contributed by atoms with Gasteiger partial charge in [0.05, 0.1) is 5.69 Å². The summed E-state index contributed by atoms with van der Waals surface area (Å²) in [5.41, 5.74) is 6.42. The first-order chi connectivity index (χ1) is 13.5. The number of likely N-dealkylation sites (tertiary alicyclic amines) is 1. The maximum absolute atomic E-state index is 12.6. The Balaban J connectivity index is 1.29. The van der Waals surface area contributed by atoms with Crippen molar-refractivity contribution in [3.05, 3.63) is 52.3 Å². The SMILES string of the molecule is Cc1nn(C)c(C)c1CCC(=O)NC1CCCN(C2Cc3ccccc3C2)C1. The minimum absolute atomic E-state index is 0.171. The molecule has 1 aromatic heterocycles. The van der Waals surface area contributed by atoms with Crippen LogP contribution in [0.3, 0.4) is 0 Å². The number of aromatic nitrogens is 2. The summed E-state index contributed by atoms with van der Waals surface area (Å²) in [5.74, 6) is 0.171. The molecular weight excluding hydrogens is 348 g/mol. The summed E-state index contributed by atoms with van der Waals surface area (Å²) in [4.78, 5) is 15.2. The van der Waals surface area contributed by atoms with E-state index in [2.05, 4.69) is 46.5 Å². The molecule has 0 saturated carbocycles. The Labute approximate surface area is 168 Å². The summed E-state index contributed by atoms with van der Waals surface area (Å²) in [6.45, 7) is 6.24. The van der Waals surface area contributed by atoms with Crippen molar-refractivity contribution in [2.45, 2.75) is 64.5 Å². The Morgan fingerprint density at radius 2 is 1.93 bits per heavy atom. The number of fused-ring (bicyclic) bond motifs is 1. The number of hydrogen-bond donors (Lipinski definition) is 1. The van der Waals surface area contributed by atoms with Gasteiger partial charge in [0.2, 0.25) is 5.91 Å². The van der Waals surface area contributed by atoms with E-state index in [4.69, 9.17) is 0 Å². The van der Waals surface area contributed by atoms with Crippen LogP contribution in [0.2, 0.25) is 0 Å². The number of piperidine rings is 1. The van der Waals surface area contributed by atoms with E-state index < -0.39 is 0 Å². The molecule has 1 aromatic carbocycles. The normalized spacial score (nSPS) is 20.3. The van der Waals surface area contributed by atoms with E-state index in [9.17, 15) is 4.79 Å². The molecule has 1 fully saturated rings. The molecule has 2 aliphatic rings. The van der Waals surface area contributed by atoms with Crippen molar-refractivity contribution in [3.63, 3.8) is 0 Å². The van der Waals surface area contributed by atoms with Gasteiger partial charge in [0.25, 0.3) is 0 Å². The van der Waals surface area contributed by atoms with Crippen LogP contribution in [0, 0.1) is 13.8 Å². The first-order valence-electron chi connectivity index (χ1n) is 10.6. The molecule has 4 rings (SSSR count). The number of hydrogen-bond acceptors (Lipinski definition) is 3. The fourth-order valence-electron chi connectivity index (χ4n) is 4.97. The molecule has 1 aliphatic heterocycles. The second-order valence-corrected chi connectivity index (χ2v) is 8.51. The van der Waals surface area contributed by atoms with E-state index in [1.807, 2.05) is 18.7 Å². The van der Waals surface area contributed by atoms with Gasteiger partial charge in [-0.1, -0.05) is 24.3 Å². The van der Waals surface area contributed by atoms with Crippen molar-refractivity contribution in [3.8, 4) is 0 Å². The molecule has 1 N–H and O–H groups in total. The zero-order valence-corrected chi connectivity index (χ0v) is 17.4. The van der Waals surface area contributed by atoms with Gasteiger partial charge in [-0.15, -0.1) is 0 Å². The van der Waals surface area contributed by atoms with Gasteiger partial charge in [-0.2, -0.15) is 5.10 Å². The maximum atomic E-state index is 12.6. The highest BCUT2D eigenvalue weighted by atomic mass is 16.1. The summed E-state index contributed by atoms with van der Waals surface area (Å²) in [6, 6.07) is 9.69. The molecule has 0 bridgehead atoms. The Kier molecular flexibility index (Phi) is 5.54. The minimum Gasteiger partial charge on any atom is -0.352 e. The van der Waals surface area contributed by atoms with Gasteiger partial charge < -0.3 is 5.32 Å². The number of carbonyl (C=O) groups is 1. The molecule has 2 heterocycles. The second-order valence-electron chi connectivity index (χ2n) is 8.51. The average Bonchev–Trinajstić information content (AvgIpc) is 3.22. The Hall–Kier alpha value is -2.14. The van der Waals surface area contributed by atoms with Gasteiger partial charge in [-0.05, 0) is 69.2 Å². The monoisotopic (exact) mass is 380 g/mol. The van der Waals surface area contributed by atoms with Gasteiger partial charge in [-0.25, -0.2) is 0 Å². The van der Waals surface area contributed by atoms with E-state index in [1.54, 1.807) is 0 Å². The number of aryl methyl sites for hydroxylation is 2. The lowest BCUT2D eigenvalue weighted by atomic mass is 10.0. The van der Waals surface area contributed by atoms with Gasteiger partial charge in [0.1, 0.15) is 0 Å². The zero-order valence-electron chi connectivity index (χ0n) is 17.4. The highest BCUT2D eigenvalue weighted by molar-refractivity contribution is 5.76. The van der Waals surface area contributed by atoms with Crippen LogP contribution in [0.5, 0.6) is 0 Å². The minimum atomic E-state index is 0.171. The summed E-state index contributed by atoms with van der Waals surface area (Å²) in [6.07, 6.45) is 5.86. The molecule has 1 amide bonds. The van der Waals surface area contributed by atoms with E-state index >= 15 is 0 Å². The third-order valence-corrected chi connectivity index (χ3v) is 6.62. The smallest absolute Gasteiger partial charge is 0.220 e. The van der Waals surface area contributed by atoms with E-state index in [0.29, 0.717) is 12.5 Å². The molecule has 5 nitrogen and oxygen atoms in total. The molecule has 150 valence electrons. The van der Waals surface area contributed by atoms with Gasteiger partial charge in [0, 0.05) is 37.8 Å². The van der Waals surface area contributed by atoms with Crippen LogP contribution in [0.25, 0.3) is 0 Å². The van der Waals surface area contributed by atoms with Crippen molar-refractivity contribution >= 4 is 5.91 Å². The average molecular weight is 381 g/mol. The van der Waals surface area contributed by atoms with Crippen molar-refractivity contribution in [2.24, 2.45) is 7.05 Å². The quantitative estimate of drug-likeness (QED) is 0.868. The third kappa shape index (κ3) is 4.00. The Bertz CT molecular complexity index is 831. The molecule has 28 heavy (non-hydrogen) atoms. The predicted octanol–water partition coefficient (Wildman–Crippen LogP) is 2.72. The fourth-order valence-corrected chi connectivity index (χ4v) is 4.97. The van der Waals surface area contributed by atoms with Crippen LogP contribution < -0.4 is 5.32 Å². The first-order valence-corrected chi connectivity index (χ1v) is 10.6. The number of amides is 1. The predicted molar refractivity (Wildman–Crippen MR) is 111 cm³/mol. The summed E-state index contributed by atoms with van der Waals surface area (Å²) < 4.78 is 1.90. The number of nitrogens with zero attached hydrogens (tertiary/aromatic N) is 3. The van der Waals surface area contributed by atoms with Crippen molar-refractivity contribution in [1.29, 1.82) is 0 Å². The molecule has 1 saturated heterocycles. The van der Waals surface area contributed by atoms with Crippen molar-refractivity contribution in [1.82, 2.24) is 20.0 Å². The Morgan fingerprint density at radius 3 is 2.57 bits per heavy atom. The summed E-state index contributed by atoms with van der Waals surface area (Å²) in [7, 11) is 1.96. The highest BCUT2D eigenvalue weighted by Gasteiger charge is 2.30. The van der Waals surface area contributed by atoms with Crippen LogP contribution >= 0.6 is 0 Å². The van der Waals surface area contributed by atoms with Crippen LogP contribution in [0.1, 0.15) is 47.3 Å². The van der Waals surface area contributed by atoms with E-state index in [1.165, 1.54) is 23.1 Å². The number of nitrogens with one attached hydrogen (secondary N) is 1. The standard InChI is InChI=1S/C23H32N4O/c1-16-22(17(2)26(3)25-16)10-11-23(28)24-20-9-6-12-27(15-20)21-13-18-7-4-5-8-19(18)14-21/h4-5,7-8,20-21H,6,9-15H2,1-3H3,(H,24,28). The third-order valence-electron chi connectivity index (χ3n) is 6.62. The molecule has 2 aromatic rings. The first kappa shape index (κ1) is 19.2. The van der Waals surface area contributed by atoms with Gasteiger partial charge >= 0.3 is 0 Å². The van der Waals surface area contributed by atoms with Crippen molar-refractivity contribution in [2.75, 3.05) is 13.1 Å². The number of rotatable bonds is 5. The molecule has 1 aliphatic carbocycles. The number of benzene rings is 1. The summed E-state index contributed by atoms with van der Waals surface area (Å²) >= 11 is 0. The van der Waals surface area contributed by atoms with Gasteiger partial charge in [-0.3, -0.25) is 14.4 Å².